The second kappa shape index (κ2) is 1.46. The summed E-state index contributed by atoms with van der Waals surface area (Å²) in [5.74, 6) is 0. The molecule has 4 heteroatoms. The van der Waals surface area contributed by atoms with Crippen LogP contribution in [0.4, 0.5) is 5.13 Å². The van der Waals surface area contributed by atoms with E-state index >= 15 is 0 Å². The number of hydrogen-bond donors (Lipinski definition) is 1. The average molecular weight is 118 g/mol. The van der Waals surface area contributed by atoms with Gasteiger partial charge in [0.2, 0.25) is 5.13 Å². The lowest BCUT2D eigenvalue weighted by atomic mass is 10.9. The van der Waals surface area contributed by atoms with E-state index < -0.39 is 6.85 Å². The van der Waals surface area contributed by atoms with Gasteiger partial charge in [-0.25, -0.2) is 0 Å². The standard InChI is InChI=1S/C3H5N3S/c1-2-5-6-3(4)7-2/h1H3,(H2,4,6)/i1D3. The highest BCUT2D eigenvalue weighted by molar-refractivity contribution is 7.14. The summed E-state index contributed by atoms with van der Waals surface area (Å²) in [6.07, 6.45) is 0. The average Bonchev–Trinajstić information content (AvgIpc) is 2.11. The molecule has 0 aromatic carbocycles. The number of nitrogens with zero attached hydrogens (tertiary/aromatic N) is 2. The SMILES string of the molecule is [2H]C([2H])([2H])c1nnc(N)s1. The van der Waals surface area contributed by atoms with E-state index in [-0.39, 0.29) is 10.1 Å². The number of aryl methyl sites for hydroxylation is 1. The highest BCUT2D eigenvalue weighted by atomic mass is 32.1. The topological polar surface area (TPSA) is 51.8 Å². The molecule has 1 heterocycles. The maximum Gasteiger partial charge on any atom is 0.203 e. The van der Waals surface area contributed by atoms with Crippen molar-refractivity contribution in [3.63, 3.8) is 0 Å². The van der Waals surface area contributed by atoms with Crippen molar-refractivity contribution in [1.82, 2.24) is 10.2 Å². The molecule has 3 nitrogen and oxygen atoms in total. The summed E-state index contributed by atoms with van der Waals surface area (Å²) >= 11 is 0.888. The lowest BCUT2D eigenvalue weighted by Gasteiger charge is -1.66. The van der Waals surface area contributed by atoms with Crippen LogP contribution in [0.3, 0.4) is 0 Å². The molecule has 38 valence electrons. The molecule has 0 saturated heterocycles. The van der Waals surface area contributed by atoms with Crippen LogP contribution in [0.5, 0.6) is 0 Å². The molecule has 2 N–H and O–H groups in total. The van der Waals surface area contributed by atoms with Crippen LogP contribution < -0.4 is 5.73 Å². The first kappa shape index (κ1) is 2.09. The Hall–Kier alpha value is -0.640. The summed E-state index contributed by atoms with van der Waals surface area (Å²) in [4.78, 5) is 0. The van der Waals surface area contributed by atoms with Crippen molar-refractivity contribution in [2.24, 2.45) is 0 Å². The van der Waals surface area contributed by atoms with E-state index in [0.29, 0.717) is 0 Å². The van der Waals surface area contributed by atoms with Gasteiger partial charge in [0.05, 0.1) is 0 Å². The minimum Gasteiger partial charge on any atom is -0.374 e. The fourth-order valence-corrected chi connectivity index (χ4v) is 0.596. The van der Waals surface area contributed by atoms with Crippen molar-refractivity contribution < 1.29 is 4.11 Å². The maximum atomic E-state index is 6.87. The Kier molecular flexibility index (Phi) is 0.434. The number of nitrogens with two attached hydrogens (primary N) is 1. The van der Waals surface area contributed by atoms with Crippen molar-refractivity contribution in [1.29, 1.82) is 0 Å². The minimum atomic E-state index is -2.17. The first-order valence-corrected chi connectivity index (χ1v) is 2.41. The smallest absolute Gasteiger partial charge is 0.203 e. The van der Waals surface area contributed by atoms with Crippen LogP contribution in [0.1, 0.15) is 9.12 Å². The molecular formula is C3H5N3S. The molecule has 0 saturated carbocycles. The van der Waals surface area contributed by atoms with Crippen molar-refractivity contribution in [2.45, 2.75) is 6.85 Å². The number of nitrogen functional groups attached to an aromatic ring is 1. The van der Waals surface area contributed by atoms with Crippen LogP contribution in [0, 0.1) is 6.85 Å². The van der Waals surface area contributed by atoms with Crippen molar-refractivity contribution in [3.05, 3.63) is 5.01 Å². The van der Waals surface area contributed by atoms with Gasteiger partial charge >= 0.3 is 0 Å². The normalized spacial score (nSPS) is 17.4. The summed E-state index contributed by atoms with van der Waals surface area (Å²) in [5, 5.41) is 6.91. The first-order valence-electron chi connectivity index (χ1n) is 3.09. The third kappa shape index (κ3) is 0.866. The second-order valence-electron chi connectivity index (χ2n) is 0.945. The largest absolute Gasteiger partial charge is 0.374 e. The van der Waals surface area contributed by atoms with E-state index in [0.717, 1.165) is 11.3 Å². The molecule has 7 heavy (non-hydrogen) atoms. The molecular weight excluding hydrogens is 110 g/mol. The van der Waals surface area contributed by atoms with E-state index in [1.54, 1.807) is 0 Å². The Morgan fingerprint density at radius 1 is 1.86 bits per heavy atom. The highest BCUT2D eigenvalue weighted by Gasteiger charge is 1.89. The molecule has 0 amide bonds. The summed E-state index contributed by atoms with van der Waals surface area (Å²) in [6, 6.07) is 0. The fourth-order valence-electron chi connectivity index (χ4n) is 0.235. The molecule has 0 aliphatic heterocycles. The third-order valence-corrected chi connectivity index (χ3v) is 1.01. The molecule has 0 bridgehead atoms. The molecule has 0 fully saturated rings. The van der Waals surface area contributed by atoms with Crippen LogP contribution >= 0.6 is 11.3 Å². The van der Waals surface area contributed by atoms with Gasteiger partial charge in [0.1, 0.15) is 5.01 Å². The van der Waals surface area contributed by atoms with Crippen LogP contribution in [0.2, 0.25) is 0 Å². The van der Waals surface area contributed by atoms with E-state index in [1.165, 1.54) is 0 Å². The fraction of sp³-hybridized carbons (Fsp3) is 0.333. The number of hydrogen-bond acceptors (Lipinski definition) is 4. The van der Waals surface area contributed by atoms with Crippen molar-refractivity contribution >= 4 is 16.5 Å². The van der Waals surface area contributed by atoms with E-state index in [2.05, 4.69) is 10.2 Å². The first-order chi connectivity index (χ1) is 4.50. The molecule has 1 aromatic heterocycles. The zero-order valence-electron chi connectivity index (χ0n) is 6.38. The maximum absolute atomic E-state index is 6.87. The summed E-state index contributed by atoms with van der Waals surface area (Å²) in [6.45, 7) is -2.17. The summed E-state index contributed by atoms with van der Waals surface area (Å²) in [7, 11) is 0. The zero-order chi connectivity index (χ0) is 7.78. The molecule has 1 aromatic rings. The van der Waals surface area contributed by atoms with Crippen LogP contribution in [0.15, 0.2) is 0 Å². The zero-order valence-corrected chi connectivity index (χ0v) is 4.20. The molecule has 0 atom stereocenters. The van der Waals surface area contributed by atoms with Gasteiger partial charge in [0.15, 0.2) is 0 Å². The van der Waals surface area contributed by atoms with Crippen molar-refractivity contribution in [2.75, 3.05) is 5.73 Å². The predicted octanol–water partition coefficient (Wildman–Crippen LogP) is 0.429. The van der Waals surface area contributed by atoms with Gasteiger partial charge in [-0.3, -0.25) is 0 Å². The van der Waals surface area contributed by atoms with E-state index in [1.807, 2.05) is 0 Å². The van der Waals surface area contributed by atoms with Crippen LogP contribution in [-0.4, -0.2) is 10.2 Å². The summed E-state index contributed by atoms with van der Waals surface area (Å²) in [5.41, 5.74) is 5.17. The number of rotatable bonds is 0. The van der Waals surface area contributed by atoms with Gasteiger partial charge in [-0.2, -0.15) is 0 Å². The van der Waals surface area contributed by atoms with Gasteiger partial charge in [-0.15, -0.1) is 10.2 Å². The molecule has 1 rings (SSSR count). The molecule has 0 unspecified atom stereocenters. The molecule has 0 spiro atoms. The Morgan fingerprint density at radius 2 is 2.71 bits per heavy atom. The predicted molar refractivity (Wildman–Crippen MR) is 29.1 cm³/mol. The molecule has 0 radical (unpaired) electrons. The van der Waals surface area contributed by atoms with Gasteiger partial charge in [0.25, 0.3) is 0 Å². The van der Waals surface area contributed by atoms with Gasteiger partial charge in [-0.05, 0) is 6.85 Å². The number of aromatic nitrogens is 2. The van der Waals surface area contributed by atoms with Crippen LogP contribution in [0.25, 0.3) is 0 Å². The lowest BCUT2D eigenvalue weighted by molar-refractivity contribution is 1.06. The lowest BCUT2D eigenvalue weighted by Crippen LogP contribution is -1.79. The van der Waals surface area contributed by atoms with Gasteiger partial charge < -0.3 is 5.73 Å². The minimum absolute atomic E-state index is 0.00926. The van der Waals surface area contributed by atoms with E-state index in [9.17, 15) is 0 Å². The van der Waals surface area contributed by atoms with Crippen LogP contribution in [-0.2, 0) is 0 Å². The molecule has 0 aliphatic carbocycles. The number of anilines is 1. The van der Waals surface area contributed by atoms with Gasteiger partial charge in [0, 0.05) is 4.11 Å². The Balaban J connectivity index is 2.96. The Morgan fingerprint density at radius 3 is 3.00 bits per heavy atom. The summed E-state index contributed by atoms with van der Waals surface area (Å²) < 4.78 is 20.6. The quantitative estimate of drug-likeness (QED) is 0.537. The Labute approximate surface area is 49.4 Å². The van der Waals surface area contributed by atoms with Crippen molar-refractivity contribution in [3.8, 4) is 0 Å². The van der Waals surface area contributed by atoms with E-state index in [4.69, 9.17) is 9.85 Å². The monoisotopic (exact) mass is 118 g/mol. The highest BCUT2D eigenvalue weighted by Crippen LogP contribution is 2.07. The molecule has 0 aliphatic rings. The Bertz CT molecular complexity index is 229. The van der Waals surface area contributed by atoms with Gasteiger partial charge in [-0.1, -0.05) is 11.3 Å². The third-order valence-electron chi connectivity index (χ3n) is 0.441. The second-order valence-corrected chi connectivity index (χ2v) is 1.95.